The summed E-state index contributed by atoms with van der Waals surface area (Å²) in [5, 5.41) is 1.44. The first-order chi connectivity index (χ1) is 13.9. The third-order valence-corrected chi connectivity index (χ3v) is 5.22. The molecule has 0 spiro atoms. The van der Waals surface area contributed by atoms with Crippen molar-refractivity contribution in [2.24, 2.45) is 5.92 Å². The normalized spacial score (nSPS) is 11.2. The number of Topliss-reactive ketones (excluding diaryl/α,β-unsaturated/α-hetero) is 1. The Morgan fingerprint density at radius 2 is 1.83 bits per heavy atom. The van der Waals surface area contributed by atoms with E-state index in [0.717, 1.165) is 28.6 Å². The van der Waals surface area contributed by atoms with Crippen molar-refractivity contribution in [3.8, 4) is 5.69 Å². The van der Waals surface area contributed by atoms with Crippen LogP contribution in [0.2, 0.25) is 5.02 Å². The number of ketones is 1. The number of rotatable bonds is 8. The zero-order valence-electron chi connectivity index (χ0n) is 16.5. The number of alkyl halides is 1. The molecule has 1 aromatic heterocycles. The Balaban J connectivity index is 1.93. The molecule has 0 atom stereocenters. The van der Waals surface area contributed by atoms with E-state index in [1.54, 1.807) is 18.3 Å². The van der Waals surface area contributed by atoms with Gasteiger partial charge in [-0.15, -0.1) is 11.6 Å². The number of benzene rings is 2. The van der Waals surface area contributed by atoms with Crippen molar-refractivity contribution < 1.29 is 14.3 Å². The first-order valence-corrected chi connectivity index (χ1v) is 10.4. The molecule has 1 heterocycles. The molecule has 0 saturated carbocycles. The standard InChI is InChI=1S/C23H23Cl2NO3/c1-15(2)3-10-23(28)29-14-16-4-9-19-20(22(27)12-24)13-26(21(19)11-16)18-7-5-17(25)6-8-18/h4-9,11,13,15H,3,10,12,14H2,1-2H3. The molecule has 3 rings (SSSR count). The average molecular weight is 432 g/mol. The third kappa shape index (κ3) is 5.20. The molecule has 0 amide bonds. The molecule has 0 unspecified atom stereocenters. The van der Waals surface area contributed by atoms with Crippen LogP contribution in [0, 0.1) is 5.92 Å². The lowest BCUT2D eigenvalue weighted by molar-refractivity contribution is -0.145. The minimum atomic E-state index is -0.204. The van der Waals surface area contributed by atoms with Crippen LogP contribution in [0.1, 0.15) is 42.6 Å². The Kier molecular flexibility index (Phi) is 6.99. The number of ether oxygens (including phenoxy) is 1. The predicted octanol–water partition coefficient (Wildman–Crippen LogP) is 6.18. The van der Waals surface area contributed by atoms with E-state index in [1.165, 1.54) is 0 Å². The minimum absolute atomic E-state index is 0.0883. The molecule has 0 radical (unpaired) electrons. The second-order valence-corrected chi connectivity index (χ2v) is 8.09. The number of carbonyl (C=O) groups is 2. The number of fused-ring (bicyclic) bond motifs is 1. The Labute approximate surface area is 180 Å². The van der Waals surface area contributed by atoms with Crippen molar-refractivity contribution in [1.82, 2.24) is 4.57 Å². The Hall–Kier alpha value is -2.30. The van der Waals surface area contributed by atoms with Crippen LogP contribution in [0.25, 0.3) is 16.6 Å². The van der Waals surface area contributed by atoms with Gasteiger partial charge < -0.3 is 9.30 Å². The molecule has 0 aliphatic heterocycles. The van der Waals surface area contributed by atoms with Crippen molar-refractivity contribution in [3.63, 3.8) is 0 Å². The fraction of sp³-hybridized carbons (Fsp3) is 0.304. The van der Waals surface area contributed by atoms with E-state index in [9.17, 15) is 9.59 Å². The van der Waals surface area contributed by atoms with Gasteiger partial charge >= 0.3 is 5.97 Å². The first-order valence-electron chi connectivity index (χ1n) is 9.53. The van der Waals surface area contributed by atoms with Gasteiger partial charge in [0, 0.05) is 34.3 Å². The van der Waals surface area contributed by atoms with Crippen LogP contribution in [-0.2, 0) is 16.1 Å². The van der Waals surface area contributed by atoms with Gasteiger partial charge in [-0.1, -0.05) is 37.6 Å². The number of hydrogen-bond donors (Lipinski definition) is 0. The summed E-state index contributed by atoms with van der Waals surface area (Å²) in [7, 11) is 0. The summed E-state index contributed by atoms with van der Waals surface area (Å²) < 4.78 is 7.34. The molecular weight excluding hydrogens is 409 g/mol. The average Bonchev–Trinajstić information content (AvgIpc) is 3.09. The number of halogens is 2. The van der Waals surface area contributed by atoms with Gasteiger partial charge in [0.25, 0.3) is 0 Å². The van der Waals surface area contributed by atoms with E-state index in [4.69, 9.17) is 27.9 Å². The molecule has 2 aromatic carbocycles. The Morgan fingerprint density at radius 3 is 2.48 bits per heavy atom. The predicted molar refractivity (Wildman–Crippen MR) is 117 cm³/mol. The lowest BCUT2D eigenvalue weighted by Gasteiger charge is -2.09. The highest BCUT2D eigenvalue weighted by atomic mass is 35.5. The molecule has 0 aliphatic carbocycles. The SMILES string of the molecule is CC(C)CCC(=O)OCc1ccc2c(C(=O)CCl)cn(-c3ccc(Cl)cc3)c2c1. The molecule has 0 N–H and O–H groups in total. The highest BCUT2D eigenvalue weighted by Crippen LogP contribution is 2.28. The number of esters is 1. The van der Waals surface area contributed by atoms with Crippen molar-refractivity contribution in [1.29, 1.82) is 0 Å². The maximum Gasteiger partial charge on any atom is 0.306 e. The molecule has 3 aromatic rings. The topological polar surface area (TPSA) is 48.3 Å². The van der Waals surface area contributed by atoms with Gasteiger partial charge in [-0.05, 0) is 48.2 Å². The zero-order valence-corrected chi connectivity index (χ0v) is 18.0. The zero-order chi connectivity index (χ0) is 21.0. The maximum absolute atomic E-state index is 12.3. The quantitative estimate of drug-likeness (QED) is 0.242. The largest absolute Gasteiger partial charge is 0.461 e. The lowest BCUT2D eigenvalue weighted by atomic mass is 10.1. The molecule has 0 saturated heterocycles. The van der Waals surface area contributed by atoms with Crippen molar-refractivity contribution in [2.75, 3.05) is 5.88 Å². The summed E-state index contributed by atoms with van der Waals surface area (Å²) in [5.74, 6) is 0.0242. The van der Waals surface area contributed by atoms with Gasteiger partial charge in [0.2, 0.25) is 0 Å². The molecule has 0 fully saturated rings. The first kappa shape index (κ1) is 21.4. The third-order valence-electron chi connectivity index (χ3n) is 4.72. The van der Waals surface area contributed by atoms with Crippen molar-refractivity contribution >= 4 is 45.9 Å². The van der Waals surface area contributed by atoms with E-state index in [-0.39, 0.29) is 24.2 Å². The molecule has 6 heteroatoms. The second kappa shape index (κ2) is 9.47. The highest BCUT2D eigenvalue weighted by molar-refractivity contribution is 6.32. The van der Waals surface area contributed by atoms with Gasteiger partial charge in [-0.3, -0.25) is 9.59 Å². The van der Waals surface area contributed by atoms with E-state index in [0.29, 0.717) is 22.9 Å². The Bertz CT molecular complexity index is 1020. The number of carbonyl (C=O) groups excluding carboxylic acids is 2. The summed E-state index contributed by atoms with van der Waals surface area (Å²) in [6, 6.07) is 13.0. The molecule has 0 bridgehead atoms. The van der Waals surface area contributed by atoms with Gasteiger partial charge in [0.05, 0.1) is 11.4 Å². The molecule has 29 heavy (non-hydrogen) atoms. The van der Waals surface area contributed by atoms with Gasteiger partial charge in [-0.25, -0.2) is 0 Å². The van der Waals surface area contributed by atoms with E-state index in [2.05, 4.69) is 13.8 Å². The van der Waals surface area contributed by atoms with Gasteiger partial charge in [0.1, 0.15) is 6.61 Å². The van der Waals surface area contributed by atoms with E-state index < -0.39 is 0 Å². The van der Waals surface area contributed by atoms with Crippen LogP contribution in [0.4, 0.5) is 0 Å². The second-order valence-electron chi connectivity index (χ2n) is 7.39. The summed E-state index contributed by atoms with van der Waals surface area (Å²) >= 11 is 11.8. The summed E-state index contributed by atoms with van der Waals surface area (Å²) in [4.78, 5) is 24.3. The fourth-order valence-corrected chi connectivity index (χ4v) is 3.38. The van der Waals surface area contributed by atoms with Crippen LogP contribution < -0.4 is 0 Å². The minimum Gasteiger partial charge on any atom is -0.461 e. The number of nitrogens with zero attached hydrogens (tertiary/aromatic N) is 1. The summed E-state index contributed by atoms with van der Waals surface area (Å²) in [6.45, 7) is 4.34. The number of hydrogen-bond acceptors (Lipinski definition) is 3. The monoisotopic (exact) mass is 431 g/mol. The smallest absolute Gasteiger partial charge is 0.306 e. The van der Waals surface area contributed by atoms with Gasteiger partial charge in [-0.2, -0.15) is 0 Å². The van der Waals surface area contributed by atoms with E-state index in [1.807, 2.05) is 34.9 Å². The lowest BCUT2D eigenvalue weighted by Crippen LogP contribution is -2.06. The summed E-state index contributed by atoms with van der Waals surface area (Å²) in [5.41, 5.74) is 3.13. The number of aromatic nitrogens is 1. The molecular formula is C23H23Cl2NO3. The highest BCUT2D eigenvalue weighted by Gasteiger charge is 2.16. The van der Waals surface area contributed by atoms with Crippen LogP contribution in [-0.4, -0.2) is 22.2 Å². The van der Waals surface area contributed by atoms with Crippen molar-refractivity contribution in [3.05, 3.63) is 64.8 Å². The fourth-order valence-electron chi connectivity index (χ4n) is 3.11. The summed E-state index contributed by atoms with van der Waals surface area (Å²) in [6.07, 6.45) is 3.01. The van der Waals surface area contributed by atoms with Gasteiger partial charge in [0.15, 0.2) is 5.78 Å². The maximum atomic E-state index is 12.3. The molecule has 4 nitrogen and oxygen atoms in total. The molecule has 152 valence electrons. The Morgan fingerprint density at radius 1 is 1.10 bits per heavy atom. The van der Waals surface area contributed by atoms with Crippen LogP contribution >= 0.6 is 23.2 Å². The van der Waals surface area contributed by atoms with Crippen molar-refractivity contribution in [2.45, 2.75) is 33.3 Å². The van der Waals surface area contributed by atoms with Crippen LogP contribution in [0.3, 0.4) is 0 Å². The van der Waals surface area contributed by atoms with Crippen LogP contribution in [0.15, 0.2) is 48.7 Å². The molecule has 0 aliphatic rings. The van der Waals surface area contributed by atoms with E-state index >= 15 is 0 Å². The van der Waals surface area contributed by atoms with Crippen LogP contribution in [0.5, 0.6) is 0 Å².